The van der Waals surface area contributed by atoms with Crippen molar-refractivity contribution >= 4 is 11.8 Å². The van der Waals surface area contributed by atoms with Gasteiger partial charge in [-0.05, 0) is 29.2 Å². The first kappa shape index (κ1) is 19.2. The third-order valence-electron chi connectivity index (χ3n) is 4.79. The average molecular weight is 368 g/mol. The fraction of sp³-hybridized carbons (Fsp3) is 0.429. The number of nitrogens with one attached hydrogen (secondary N) is 1. The molecule has 0 radical (unpaired) electrons. The Bertz CT molecular complexity index is 725. The molecule has 1 aromatic heterocycles. The minimum absolute atomic E-state index is 0.0909. The predicted molar refractivity (Wildman–Crippen MR) is 107 cm³/mol. The zero-order valence-corrected chi connectivity index (χ0v) is 16.1. The predicted octanol–water partition coefficient (Wildman–Crippen LogP) is 2.82. The van der Waals surface area contributed by atoms with Crippen molar-refractivity contribution in [2.45, 2.75) is 26.4 Å². The molecule has 0 saturated carbocycles. The van der Waals surface area contributed by atoms with Gasteiger partial charge in [0.15, 0.2) is 0 Å². The molecule has 6 nitrogen and oxygen atoms in total. The first-order valence-electron chi connectivity index (χ1n) is 9.50. The number of morpholine rings is 1. The lowest BCUT2D eigenvalue weighted by Crippen LogP contribution is -2.37. The van der Waals surface area contributed by atoms with E-state index in [1.165, 1.54) is 5.56 Å². The number of pyridine rings is 1. The number of benzene rings is 1. The Balaban J connectivity index is 1.47. The second-order valence-corrected chi connectivity index (χ2v) is 6.81. The van der Waals surface area contributed by atoms with Crippen molar-refractivity contribution in [1.29, 1.82) is 0 Å². The molecule has 2 heterocycles. The maximum atomic E-state index is 12.3. The Hall–Kier alpha value is -2.60. The van der Waals surface area contributed by atoms with E-state index in [0.29, 0.717) is 13.1 Å². The lowest BCUT2D eigenvalue weighted by molar-refractivity contribution is 0.122. The number of carbonyl (C=O) groups excluding carboxylic acids is 1. The topological polar surface area (TPSA) is 57.7 Å². The van der Waals surface area contributed by atoms with Gasteiger partial charge in [0.2, 0.25) is 0 Å². The zero-order chi connectivity index (χ0) is 19.1. The van der Waals surface area contributed by atoms with E-state index in [-0.39, 0.29) is 6.03 Å². The van der Waals surface area contributed by atoms with Gasteiger partial charge in [0.05, 0.1) is 13.2 Å². The van der Waals surface area contributed by atoms with Gasteiger partial charge in [0.1, 0.15) is 5.82 Å². The summed E-state index contributed by atoms with van der Waals surface area (Å²) in [5.41, 5.74) is 3.42. The summed E-state index contributed by atoms with van der Waals surface area (Å²) in [5.74, 6) is 0.959. The van der Waals surface area contributed by atoms with Crippen LogP contribution in [0.3, 0.4) is 0 Å². The van der Waals surface area contributed by atoms with Crippen molar-refractivity contribution in [3.05, 3.63) is 59.3 Å². The number of ether oxygens (including phenoxy) is 1. The third kappa shape index (κ3) is 5.44. The van der Waals surface area contributed by atoms with E-state index in [4.69, 9.17) is 4.74 Å². The van der Waals surface area contributed by atoms with Crippen molar-refractivity contribution in [2.75, 3.05) is 38.3 Å². The molecule has 0 spiro atoms. The summed E-state index contributed by atoms with van der Waals surface area (Å²) >= 11 is 0. The minimum atomic E-state index is -0.0909. The van der Waals surface area contributed by atoms with Crippen LogP contribution in [0, 0.1) is 0 Å². The van der Waals surface area contributed by atoms with Crippen molar-refractivity contribution in [2.24, 2.45) is 0 Å². The molecule has 0 unspecified atom stereocenters. The summed E-state index contributed by atoms with van der Waals surface area (Å²) in [6.07, 6.45) is 2.85. The van der Waals surface area contributed by atoms with E-state index in [2.05, 4.69) is 46.4 Å². The lowest BCUT2D eigenvalue weighted by Gasteiger charge is -2.27. The normalized spacial score (nSPS) is 14.1. The summed E-state index contributed by atoms with van der Waals surface area (Å²) in [4.78, 5) is 20.7. The van der Waals surface area contributed by atoms with Crippen LogP contribution < -0.4 is 10.2 Å². The second kappa shape index (κ2) is 9.37. The lowest BCUT2D eigenvalue weighted by atomic mass is 10.1. The molecule has 6 heteroatoms. The zero-order valence-electron chi connectivity index (χ0n) is 16.1. The summed E-state index contributed by atoms with van der Waals surface area (Å²) in [7, 11) is 1.81. The summed E-state index contributed by atoms with van der Waals surface area (Å²) in [6.45, 7) is 6.41. The fourth-order valence-electron chi connectivity index (χ4n) is 3.04. The number of hydrogen-bond donors (Lipinski definition) is 1. The van der Waals surface area contributed by atoms with E-state index in [0.717, 1.165) is 49.7 Å². The molecule has 0 atom stereocenters. The van der Waals surface area contributed by atoms with E-state index >= 15 is 0 Å². The molecule has 1 aliphatic heterocycles. The number of aryl methyl sites for hydroxylation is 1. The van der Waals surface area contributed by atoms with Gasteiger partial charge in [-0.2, -0.15) is 0 Å². The monoisotopic (exact) mass is 368 g/mol. The Morgan fingerprint density at radius 2 is 1.78 bits per heavy atom. The van der Waals surface area contributed by atoms with Crippen molar-refractivity contribution < 1.29 is 9.53 Å². The molecule has 1 fully saturated rings. The highest BCUT2D eigenvalue weighted by molar-refractivity contribution is 5.73. The van der Waals surface area contributed by atoms with E-state index in [1.54, 1.807) is 4.90 Å². The Morgan fingerprint density at radius 1 is 1.11 bits per heavy atom. The summed E-state index contributed by atoms with van der Waals surface area (Å²) in [6, 6.07) is 12.3. The van der Waals surface area contributed by atoms with Crippen LogP contribution in [-0.4, -0.2) is 49.3 Å². The molecule has 1 saturated heterocycles. The molecule has 144 valence electrons. The maximum absolute atomic E-state index is 12.3. The Labute approximate surface area is 161 Å². The van der Waals surface area contributed by atoms with Gasteiger partial charge in [-0.15, -0.1) is 0 Å². The SMILES string of the molecule is CCc1ccc(CN(C)C(=O)NCc2ccc(N3CCOCC3)nc2)cc1. The van der Waals surface area contributed by atoms with Gasteiger partial charge < -0.3 is 19.9 Å². The van der Waals surface area contributed by atoms with Crippen LogP contribution in [0.25, 0.3) is 0 Å². The van der Waals surface area contributed by atoms with Crippen LogP contribution in [0.1, 0.15) is 23.6 Å². The molecule has 1 N–H and O–H groups in total. The van der Waals surface area contributed by atoms with E-state index in [9.17, 15) is 4.79 Å². The number of amides is 2. The molecular weight excluding hydrogens is 340 g/mol. The van der Waals surface area contributed by atoms with Gasteiger partial charge in [-0.1, -0.05) is 37.3 Å². The molecule has 1 aromatic carbocycles. The van der Waals surface area contributed by atoms with E-state index < -0.39 is 0 Å². The Kier molecular flexibility index (Phi) is 6.65. The molecule has 1 aliphatic rings. The Morgan fingerprint density at radius 3 is 2.41 bits per heavy atom. The van der Waals surface area contributed by atoms with Crippen LogP contribution in [0.5, 0.6) is 0 Å². The van der Waals surface area contributed by atoms with E-state index in [1.807, 2.05) is 25.4 Å². The number of rotatable bonds is 6. The third-order valence-corrected chi connectivity index (χ3v) is 4.79. The molecular formula is C21H28N4O2. The van der Waals surface area contributed by atoms with Crippen molar-refractivity contribution in [3.8, 4) is 0 Å². The van der Waals surface area contributed by atoms with Crippen LogP contribution in [0.4, 0.5) is 10.6 Å². The number of aromatic nitrogens is 1. The standard InChI is InChI=1S/C21H28N4O2/c1-3-17-4-6-18(7-5-17)16-24(2)21(26)23-15-19-8-9-20(22-14-19)25-10-12-27-13-11-25/h4-9,14H,3,10-13,15-16H2,1-2H3,(H,23,26). The van der Waals surface area contributed by atoms with Gasteiger partial charge in [0.25, 0.3) is 0 Å². The van der Waals surface area contributed by atoms with Gasteiger partial charge in [0, 0.05) is 39.4 Å². The fourth-order valence-corrected chi connectivity index (χ4v) is 3.04. The van der Waals surface area contributed by atoms with Crippen LogP contribution >= 0.6 is 0 Å². The van der Waals surface area contributed by atoms with Crippen LogP contribution in [0.15, 0.2) is 42.6 Å². The quantitative estimate of drug-likeness (QED) is 0.852. The number of hydrogen-bond acceptors (Lipinski definition) is 4. The van der Waals surface area contributed by atoms with Gasteiger partial charge in [-0.3, -0.25) is 0 Å². The van der Waals surface area contributed by atoms with Crippen molar-refractivity contribution in [1.82, 2.24) is 15.2 Å². The number of nitrogens with zero attached hydrogens (tertiary/aromatic N) is 3. The average Bonchev–Trinajstić information content (AvgIpc) is 2.73. The first-order valence-corrected chi connectivity index (χ1v) is 9.50. The minimum Gasteiger partial charge on any atom is -0.378 e. The van der Waals surface area contributed by atoms with Crippen LogP contribution in [-0.2, 0) is 24.2 Å². The second-order valence-electron chi connectivity index (χ2n) is 6.81. The van der Waals surface area contributed by atoms with Crippen molar-refractivity contribution in [3.63, 3.8) is 0 Å². The summed E-state index contributed by atoms with van der Waals surface area (Å²) < 4.78 is 5.36. The smallest absolute Gasteiger partial charge is 0.317 e. The highest BCUT2D eigenvalue weighted by atomic mass is 16.5. The molecule has 3 rings (SSSR count). The molecule has 0 aliphatic carbocycles. The number of anilines is 1. The molecule has 0 bridgehead atoms. The molecule has 27 heavy (non-hydrogen) atoms. The van der Waals surface area contributed by atoms with Crippen LogP contribution in [0.2, 0.25) is 0 Å². The molecule has 2 aromatic rings. The van der Waals surface area contributed by atoms with Gasteiger partial charge in [-0.25, -0.2) is 9.78 Å². The maximum Gasteiger partial charge on any atom is 0.317 e. The highest BCUT2D eigenvalue weighted by Gasteiger charge is 2.12. The number of urea groups is 1. The summed E-state index contributed by atoms with van der Waals surface area (Å²) in [5, 5.41) is 2.95. The van der Waals surface area contributed by atoms with Gasteiger partial charge >= 0.3 is 6.03 Å². The largest absolute Gasteiger partial charge is 0.378 e. The number of carbonyl (C=O) groups is 1. The molecule has 2 amide bonds. The first-order chi connectivity index (χ1) is 13.2. The highest BCUT2D eigenvalue weighted by Crippen LogP contribution is 2.13.